The predicted octanol–water partition coefficient (Wildman–Crippen LogP) is -0.459. The number of hydrogen-bond acceptors (Lipinski definition) is 7. The van der Waals surface area contributed by atoms with Gasteiger partial charge in [0.05, 0.1) is 23.8 Å². The van der Waals surface area contributed by atoms with E-state index in [0.717, 1.165) is 23.4 Å². The minimum atomic E-state index is -0.945. The van der Waals surface area contributed by atoms with Crippen LogP contribution in [0.25, 0.3) is 0 Å². The third kappa shape index (κ3) is 3.81. The molecule has 0 aromatic heterocycles. The third-order valence-electron chi connectivity index (χ3n) is 5.69. The fourth-order valence-electron chi connectivity index (χ4n) is 4.14. The fourth-order valence-corrected chi connectivity index (χ4v) is 4.14. The zero-order chi connectivity index (χ0) is 20.5. The van der Waals surface area contributed by atoms with Crippen LogP contribution in [0.5, 0.6) is 0 Å². The number of fused-ring (bicyclic) bond motifs is 1. The average Bonchev–Trinajstić information content (AvgIpc) is 3.26. The van der Waals surface area contributed by atoms with E-state index in [4.69, 9.17) is 10.5 Å². The zero-order valence-electron chi connectivity index (χ0n) is 16.0. The van der Waals surface area contributed by atoms with Crippen molar-refractivity contribution in [2.75, 3.05) is 19.7 Å². The highest BCUT2D eigenvalue weighted by Crippen LogP contribution is 2.28. The van der Waals surface area contributed by atoms with Crippen LogP contribution in [0, 0.1) is 5.92 Å². The molecule has 3 aliphatic rings. The Balaban J connectivity index is 1.40. The molecule has 3 atom stereocenters. The molecule has 0 aliphatic carbocycles. The van der Waals surface area contributed by atoms with E-state index in [2.05, 4.69) is 10.6 Å². The molecule has 4 rings (SSSR count). The Morgan fingerprint density at radius 2 is 1.97 bits per heavy atom. The Hall–Kier alpha value is -2.62. The number of hydrogen-bond donors (Lipinski definition) is 3. The molecule has 0 saturated carbocycles. The van der Waals surface area contributed by atoms with Gasteiger partial charge in [-0.05, 0) is 36.5 Å². The van der Waals surface area contributed by atoms with Crippen molar-refractivity contribution in [1.82, 2.24) is 15.5 Å². The third-order valence-corrected chi connectivity index (χ3v) is 5.69. The fraction of sp³-hybridized carbons (Fsp3) is 0.500. The summed E-state index contributed by atoms with van der Waals surface area (Å²) in [5.74, 6) is -1.57. The first kappa shape index (κ1) is 19.7. The summed E-state index contributed by atoms with van der Waals surface area (Å²) in [5, 5.41) is 5.56. The van der Waals surface area contributed by atoms with E-state index in [-0.39, 0.29) is 24.9 Å². The van der Waals surface area contributed by atoms with Crippen molar-refractivity contribution in [1.29, 1.82) is 0 Å². The van der Waals surface area contributed by atoms with Crippen LogP contribution in [0.15, 0.2) is 18.2 Å². The van der Waals surface area contributed by atoms with Gasteiger partial charge in [0, 0.05) is 26.1 Å². The zero-order valence-corrected chi connectivity index (χ0v) is 16.0. The van der Waals surface area contributed by atoms with Crippen molar-refractivity contribution in [2.45, 2.75) is 38.0 Å². The van der Waals surface area contributed by atoms with E-state index < -0.39 is 23.8 Å². The molecule has 3 aliphatic heterocycles. The van der Waals surface area contributed by atoms with Crippen molar-refractivity contribution >= 4 is 23.6 Å². The smallest absolute Gasteiger partial charge is 0.262 e. The van der Waals surface area contributed by atoms with Gasteiger partial charge in [0.15, 0.2) is 0 Å². The molecule has 154 valence electrons. The van der Waals surface area contributed by atoms with E-state index >= 15 is 0 Å². The number of benzene rings is 1. The molecule has 4 N–H and O–H groups in total. The molecule has 0 radical (unpaired) electrons. The molecular weight excluding hydrogens is 376 g/mol. The number of rotatable bonds is 6. The van der Waals surface area contributed by atoms with Crippen molar-refractivity contribution in [3.8, 4) is 0 Å². The lowest BCUT2D eigenvalue weighted by Gasteiger charge is -2.27. The quantitative estimate of drug-likeness (QED) is 0.551. The first-order valence-corrected chi connectivity index (χ1v) is 9.84. The van der Waals surface area contributed by atoms with Gasteiger partial charge in [0.2, 0.25) is 11.8 Å². The predicted molar refractivity (Wildman–Crippen MR) is 102 cm³/mol. The lowest BCUT2D eigenvalue weighted by Crippen LogP contribution is -2.54. The van der Waals surface area contributed by atoms with Gasteiger partial charge < -0.3 is 15.8 Å². The highest BCUT2D eigenvalue weighted by Gasteiger charge is 2.44. The topological polar surface area (TPSA) is 131 Å². The molecule has 0 bridgehead atoms. The molecule has 2 saturated heterocycles. The maximum atomic E-state index is 12.8. The number of carbonyl (C=O) groups is 4. The number of ether oxygens (including phenoxy) is 1. The summed E-state index contributed by atoms with van der Waals surface area (Å²) in [6.07, 6.45) is 1.32. The van der Waals surface area contributed by atoms with Gasteiger partial charge in [-0.15, -0.1) is 0 Å². The van der Waals surface area contributed by atoms with E-state index in [1.165, 1.54) is 0 Å². The summed E-state index contributed by atoms with van der Waals surface area (Å²) in [6, 6.07) is 4.18. The standard InChI is InChI=1S/C20H24N4O5/c21-7-13-5-12(10-29-13)9-22-8-11-1-2-14-15(6-11)20(28)24(19(14)27)16-3-4-17(25)23-18(16)26/h1-2,6,12-13,16,22H,3-5,7-10,21H2,(H,23,25,26). The molecule has 0 spiro atoms. The number of nitrogens with two attached hydrogens (primary N) is 1. The van der Waals surface area contributed by atoms with Crippen LogP contribution in [0.1, 0.15) is 45.5 Å². The molecule has 1 aromatic carbocycles. The van der Waals surface area contributed by atoms with E-state index in [1.807, 2.05) is 0 Å². The molecule has 3 heterocycles. The Bertz CT molecular complexity index is 870. The van der Waals surface area contributed by atoms with E-state index in [9.17, 15) is 19.2 Å². The average molecular weight is 400 g/mol. The summed E-state index contributed by atoms with van der Waals surface area (Å²) in [4.78, 5) is 50.0. The monoisotopic (exact) mass is 400 g/mol. The summed E-state index contributed by atoms with van der Waals surface area (Å²) in [5.41, 5.74) is 7.09. The van der Waals surface area contributed by atoms with Crippen LogP contribution in [-0.2, 0) is 20.9 Å². The van der Waals surface area contributed by atoms with Crippen molar-refractivity contribution in [3.63, 3.8) is 0 Å². The van der Waals surface area contributed by atoms with Crippen LogP contribution in [-0.4, -0.2) is 60.4 Å². The van der Waals surface area contributed by atoms with Crippen LogP contribution in [0.3, 0.4) is 0 Å². The lowest BCUT2D eigenvalue weighted by molar-refractivity contribution is -0.136. The summed E-state index contributed by atoms with van der Waals surface area (Å²) in [6.45, 7) is 2.55. The van der Waals surface area contributed by atoms with Gasteiger partial charge in [-0.2, -0.15) is 0 Å². The van der Waals surface area contributed by atoms with Crippen LogP contribution >= 0.6 is 0 Å². The van der Waals surface area contributed by atoms with Crippen LogP contribution in [0.4, 0.5) is 0 Å². The lowest BCUT2D eigenvalue weighted by atomic mass is 10.0. The number of piperidine rings is 1. The maximum Gasteiger partial charge on any atom is 0.262 e. The minimum absolute atomic E-state index is 0.106. The molecule has 29 heavy (non-hydrogen) atoms. The summed E-state index contributed by atoms with van der Waals surface area (Å²) >= 11 is 0. The van der Waals surface area contributed by atoms with Crippen molar-refractivity contribution < 1.29 is 23.9 Å². The van der Waals surface area contributed by atoms with Gasteiger partial charge in [-0.3, -0.25) is 29.4 Å². The second kappa shape index (κ2) is 8.02. The molecular formula is C20H24N4O5. The van der Waals surface area contributed by atoms with Crippen LogP contribution < -0.4 is 16.4 Å². The molecule has 3 unspecified atom stereocenters. The highest BCUT2D eigenvalue weighted by atomic mass is 16.5. The Morgan fingerprint density at radius 3 is 2.69 bits per heavy atom. The Morgan fingerprint density at radius 1 is 1.17 bits per heavy atom. The highest BCUT2D eigenvalue weighted by molar-refractivity contribution is 6.23. The molecule has 2 fully saturated rings. The SMILES string of the molecule is NCC1CC(CNCc2ccc3c(c2)C(=O)N(C2CCC(=O)NC2=O)C3=O)CO1. The van der Waals surface area contributed by atoms with Crippen molar-refractivity contribution in [2.24, 2.45) is 11.7 Å². The van der Waals surface area contributed by atoms with Crippen molar-refractivity contribution in [3.05, 3.63) is 34.9 Å². The first-order valence-electron chi connectivity index (χ1n) is 9.84. The summed E-state index contributed by atoms with van der Waals surface area (Å²) < 4.78 is 5.58. The van der Waals surface area contributed by atoms with Crippen LogP contribution in [0.2, 0.25) is 0 Å². The Kier molecular flexibility index (Phi) is 5.44. The van der Waals surface area contributed by atoms with Gasteiger partial charge in [0.1, 0.15) is 6.04 Å². The second-order valence-corrected chi connectivity index (χ2v) is 7.75. The normalized spacial score (nSPS) is 26.8. The number of carbonyl (C=O) groups excluding carboxylic acids is 4. The largest absolute Gasteiger partial charge is 0.377 e. The molecule has 4 amide bonds. The number of imide groups is 2. The number of nitrogens with zero attached hydrogens (tertiary/aromatic N) is 1. The second-order valence-electron chi connectivity index (χ2n) is 7.75. The maximum absolute atomic E-state index is 12.8. The Labute approximate surface area is 167 Å². The van der Waals surface area contributed by atoms with E-state index in [0.29, 0.717) is 36.7 Å². The molecule has 9 nitrogen and oxygen atoms in total. The van der Waals surface area contributed by atoms with Gasteiger partial charge >= 0.3 is 0 Å². The van der Waals surface area contributed by atoms with Gasteiger partial charge in [0.25, 0.3) is 11.8 Å². The van der Waals surface area contributed by atoms with Gasteiger partial charge in [-0.25, -0.2) is 0 Å². The van der Waals surface area contributed by atoms with E-state index in [1.54, 1.807) is 18.2 Å². The molecule has 9 heteroatoms. The summed E-state index contributed by atoms with van der Waals surface area (Å²) in [7, 11) is 0. The molecule has 1 aromatic rings. The number of nitrogens with one attached hydrogen (secondary N) is 2. The minimum Gasteiger partial charge on any atom is -0.377 e. The number of amides is 4. The first-order chi connectivity index (χ1) is 14.0. The van der Waals surface area contributed by atoms with Gasteiger partial charge in [-0.1, -0.05) is 6.07 Å².